The number of hydrogen-bond acceptors (Lipinski definition) is 5. The molecule has 0 fully saturated rings. The summed E-state index contributed by atoms with van der Waals surface area (Å²) in [6, 6.07) is 15.6. The molecule has 35 heavy (non-hydrogen) atoms. The van der Waals surface area contributed by atoms with Gasteiger partial charge in [0.15, 0.2) is 0 Å². The first kappa shape index (κ1) is 25.9. The number of amides is 2. The minimum atomic E-state index is -3.73. The van der Waals surface area contributed by atoms with Crippen LogP contribution in [0.4, 0.5) is 15.8 Å². The number of carbonyl (C=O) groups excluding carboxylic acids is 2. The Morgan fingerprint density at radius 1 is 0.886 bits per heavy atom. The molecule has 3 aromatic carbocycles. The second-order valence-electron chi connectivity index (χ2n) is 7.45. The van der Waals surface area contributed by atoms with E-state index in [4.69, 9.17) is 4.74 Å². The Kier molecular flexibility index (Phi) is 8.21. The normalized spacial score (nSPS) is 11.2. The number of nitrogens with zero attached hydrogens (tertiary/aromatic N) is 1. The quantitative estimate of drug-likeness (QED) is 0.455. The first-order chi connectivity index (χ1) is 16.7. The highest BCUT2D eigenvalue weighted by Crippen LogP contribution is 2.29. The maximum absolute atomic E-state index is 13.5. The molecule has 0 unspecified atom stereocenters. The van der Waals surface area contributed by atoms with E-state index in [1.807, 2.05) is 0 Å². The van der Waals surface area contributed by atoms with E-state index in [0.29, 0.717) is 24.5 Å². The molecule has 3 aromatic rings. The van der Waals surface area contributed by atoms with Crippen molar-refractivity contribution in [1.82, 2.24) is 4.31 Å². The molecule has 2 amide bonds. The first-order valence-electron chi connectivity index (χ1n) is 10.9. The van der Waals surface area contributed by atoms with Gasteiger partial charge in [-0.3, -0.25) is 9.59 Å². The van der Waals surface area contributed by atoms with Crippen LogP contribution >= 0.6 is 0 Å². The van der Waals surface area contributed by atoms with E-state index >= 15 is 0 Å². The van der Waals surface area contributed by atoms with Crippen molar-refractivity contribution in [1.29, 1.82) is 0 Å². The number of ether oxygens (including phenoxy) is 1. The Morgan fingerprint density at radius 3 is 2.14 bits per heavy atom. The van der Waals surface area contributed by atoms with Gasteiger partial charge in [0.1, 0.15) is 11.6 Å². The lowest BCUT2D eigenvalue weighted by Crippen LogP contribution is -2.30. The highest BCUT2D eigenvalue weighted by molar-refractivity contribution is 7.89. The van der Waals surface area contributed by atoms with Crippen molar-refractivity contribution >= 4 is 33.2 Å². The maximum Gasteiger partial charge on any atom is 0.255 e. The van der Waals surface area contributed by atoms with Crippen LogP contribution in [0.25, 0.3) is 0 Å². The van der Waals surface area contributed by atoms with Crippen molar-refractivity contribution in [3.8, 4) is 5.75 Å². The summed E-state index contributed by atoms with van der Waals surface area (Å²) >= 11 is 0. The zero-order valence-corrected chi connectivity index (χ0v) is 20.4. The van der Waals surface area contributed by atoms with Gasteiger partial charge in [0, 0.05) is 29.9 Å². The van der Waals surface area contributed by atoms with Crippen LogP contribution in [0.3, 0.4) is 0 Å². The van der Waals surface area contributed by atoms with Crippen molar-refractivity contribution < 1.29 is 27.1 Å². The molecule has 0 spiro atoms. The van der Waals surface area contributed by atoms with Crippen molar-refractivity contribution in [3.05, 3.63) is 83.7 Å². The average molecular weight is 500 g/mol. The van der Waals surface area contributed by atoms with Crippen LogP contribution in [0.2, 0.25) is 0 Å². The first-order valence-corrected chi connectivity index (χ1v) is 12.3. The molecular weight excluding hydrogens is 473 g/mol. The summed E-state index contributed by atoms with van der Waals surface area (Å²) < 4.78 is 45.7. The van der Waals surface area contributed by atoms with Gasteiger partial charge in [0.2, 0.25) is 10.0 Å². The molecule has 3 rings (SSSR count). The Hall–Kier alpha value is -3.76. The van der Waals surface area contributed by atoms with E-state index in [9.17, 15) is 22.4 Å². The van der Waals surface area contributed by atoms with E-state index in [-0.39, 0.29) is 21.7 Å². The lowest BCUT2D eigenvalue weighted by molar-refractivity contribution is 0.101. The Balaban J connectivity index is 1.83. The van der Waals surface area contributed by atoms with Crippen molar-refractivity contribution in [2.45, 2.75) is 18.7 Å². The third kappa shape index (κ3) is 6.03. The highest BCUT2D eigenvalue weighted by Gasteiger charge is 2.22. The molecule has 0 saturated carbocycles. The van der Waals surface area contributed by atoms with Gasteiger partial charge in [-0.1, -0.05) is 26.0 Å². The monoisotopic (exact) mass is 499 g/mol. The molecule has 184 valence electrons. The van der Waals surface area contributed by atoms with Gasteiger partial charge >= 0.3 is 0 Å². The zero-order chi connectivity index (χ0) is 25.6. The summed E-state index contributed by atoms with van der Waals surface area (Å²) in [6.45, 7) is 4.11. The fraction of sp³-hybridized carbons (Fsp3) is 0.200. The standard InChI is InChI=1S/C25H26FN3O5S/c1-4-29(5-2)35(32,33)21-11-7-9-18(15-21)24(30)27-20-12-13-23(34-3)22(16-20)28-25(31)17-8-6-10-19(26)14-17/h6-16H,4-5H2,1-3H3,(H,27,30)(H,28,31). The Bertz CT molecular complexity index is 1340. The van der Waals surface area contributed by atoms with E-state index in [2.05, 4.69) is 10.6 Å². The number of carbonyl (C=O) groups is 2. The Labute approximate surface area is 203 Å². The molecule has 0 heterocycles. The number of rotatable bonds is 9. The van der Waals surface area contributed by atoms with Crippen LogP contribution < -0.4 is 15.4 Å². The molecule has 0 saturated heterocycles. The van der Waals surface area contributed by atoms with Gasteiger partial charge in [-0.2, -0.15) is 4.31 Å². The summed E-state index contributed by atoms with van der Waals surface area (Å²) in [5.41, 5.74) is 0.867. The van der Waals surface area contributed by atoms with Crippen LogP contribution in [0.1, 0.15) is 34.6 Å². The minimum absolute atomic E-state index is 0.0200. The number of nitrogens with one attached hydrogen (secondary N) is 2. The van der Waals surface area contributed by atoms with Gasteiger partial charge in [0.25, 0.3) is 11.8 Å². The molecule has 0 bridgehead atoms. The number of anilines is 2. The van der Waals surface area contributed by atoms with Crippen LogP contribution in [-0.4, -0.2) is 44.7 Å². The number of halogens is 1. The van der Waals surface area contributed by atoms with E-state index in [1.165, 1.54) is 59.9 Å². The van der Waals surface area contributed by atoms with E-state index in [1.54, 1.807) is 26.0 Å². The van der Waals surface area contributed by atoms with Crippen LogP contribution in [0.5, 0.6) is 5.75 Å². The summed E-state index contributed by atoms with van der Waals surface area (Å²) in [4.78, 5) is 25.4. The zero-order valence-electron chi connectivity index (χ0n) is 19.5. The fourth-order valence-electron chi connectivity index (χ4n) is 3.42. The van der Waals surface area contributed by atoms with Crippen LogP contribution in [-0.2, 0) is 10.0 Å². The largest absolute Gasteiger partial charge is 0.495 e. The molecule has 0 aromatic heterocycles. The minimum Gasteiger partial charge on any atom is -0.495 e. The third-order valence-electron chi connectivity index (χ3n) is 5.23. The lowest BCUT2D eigenvalue weighted by Gasteiger charge is -2.18. The van der Waals surface area contributed by atoms with Gasteiger partial charge < -0.3 is 15.4 Å². The fourth-order valence-corrected chi connectivity index (χ4v) is 4.93. The van der Waals surface area contributed by atoms with Crippen LogP contribution in [0.15, 0.2) is 71.6 Å². The molecule has 0 aliphatic carbocycles. The summed E-state index contributed by atoms with van der Waals surface area (Å²) in [7, 11) is -2.30. The number of sulfonamides is 1. The second kappa shape index (κ2) is 11.1. The molecule has 2 N–H and O–H groups in total. The number of methoxy groups -OCH3 is 1. The number of benzene rings is 3. The molecule has 10 heteroatoms. The summed E-state index contributed by atoms with van der Waals surface area (Å²) in [5.74, 6) is -1.30. The van der Waals surface area contributed by atoms with Gasteiger partial charge in [-0.25, -0.2) is 12.8 Å². The summed E-state index contributed by atoms with van der Waals surface area (Å²) in [6.07, 6.45) is 0. The van der Waals surface area contributed by atoms with Gasteiger partial charge in [0.05, 0.1) is 17.7 Å². The number of hydrogen-bond donors (Lipinski definition) is 2. The predicted molar refractivity (Wildman–Crippen MR) is 132 cm³/mol. The van der Waals surface area contributed by atoms with Crippen molar-refractivity contribution in [3.63, 3.8) is 0 Å². The van der Waals surface area contributed by atoms with Gasteiger partial charge in [-0.05, 0) is 54.6 Å². The molecule has 0 aliphatic rings. The summed E-state index contributed by atoms with van der Waals surface area (Å²) in [5, 5.41) is 5.34. The predicted octanol–water partition coefficient (Wildman–Crippen LogP) is 4.37. The Morgan fingerprint density at radius 2 is 1.51 bits per heavy atom. The topological polar surface area (TPSA) is 105 Å². The van der Waals surface area contributed by atoms with E-state index in [0.717, 1.165) is 6.07 Å². The van der Waals surface area contributed by atoms with Gasteiger partial charge in [-0.15, -0.1) is 0 Å². The maximum atomic E-state index is 13.5. The van der Waals surface area contributed by atoms with Crippen molar-refractivity contribution in [2.24, 2.45) is 0 Å². The molecule has 0 radical (unpaired) electrons. The third-order valence-corrected chi connectivity index (χ3v) is 7.28. The SMILES string of the molecule is CCN(CC)S(=O)(=O)c1cccc(C(=O)Nc2ccc(OC)c(NC(=O)c3cccc(F)c3)c2)c1. The highest BCUT2D eigenvalue weighted by atomic mass is 32.2. The molecule has 8 nitrogen and oxygen atoms in total. The second-order valence-corrected chi connectivity index (χ2v) is 9.39. The smallest absolute Gasteiger partial charge is 0.255 e. The lowest BCUT2D eigenvalue weighted by atomic mass is 10.2. The average Bonchev–Trinajstić information content (AvgIpc) is 2.85. The van der Waals surface area contributed by atoms with E-state index < -0.39 is 27.7 Å². The van der Waals surface area contributed by atoms with Crippen molar-refractivity contribution in [2.75, 3.05) is 30.8 Å². The molecular formula is C25H26FN3O5S. The molecule has 0 atom stereocenters. The van der Waals surface area contributed by atoms with Crippen LogP contribution in [0, 0.1) is 5.82 Å². The molecule has 0 aliphatic heterocycles.